The maximum absolute atomic E-state index is 12.7. The summed E-state index contributed by atoms with van der Waals surface area (Å²) >= 11 is 0. The van der Waals surface area contributed by atoms with Gasteiger partial charge in [-0.2, -0.15) is 9.57 Å². The van der Waals surface area contributed by atoms with Gasteiger partial charge in [-0.15, -0.1) is 0 Å². The van der Waals surface area contributed by atoms with Gasteiger partial charge in [0.05, 0.1) is 23.9 Å². The Hall–Kier alpha value is -1.74. The molecule has 3 heterocycles. The Labute approximate surface area is 152 Å². The molecule has 0 aromatic rings. The van der Waals surface area contributed by atoms with Gasteiger partial charge in [0.2, 0.25) is 10.0 Å². The van der Waals surface area contributed by atoms with Crippen LogP contribution in [-0.2, 0) is 14.8 Å². The highest BCUT2D eigenvalue weighted by molar-refractivity contribution is 7.89. The van der Waals surface area contributed by atoms with Crippen LogP contribution in [0.25, 0.3) is 0 Å². The second-order valence-corrected chi connectivity index (χ2v) is 9.23. The van der Waals surface area contributed by atoms with E-state index in [4.69, 9.17) is 5.26 Å². The van der Waals surface area contributed by atoms with Crippen molar-refractivity contribution in [3.8, 4) is 6.07 Å². The maximum Gasteiger partial charge on any atom is 0.322 e. The molecule has 0 aliphatic carbocycles. The number of nitrogens with zero attached hydrogens (tertiary/aromatic N) is 3. The summed E-state index contributed by atoms with van der Waals surface area (Å²) in [5.41, 5.74) is -1.44. The fraction of sp³-hybridized carbons (Fsp3) is 0.800. The normalized spacial score (nSPS) is 34.2. The second kappa shape index (κ2) is 7.11. The minimum atomic E-state index is -3.68. The molecular formula is C15H24N6O4S. The van der Waals surface area contributed by atoms with Gasteiger partial charge in [-0.3, -0.25) is 15.0 Å². The fourth-order valence-corrected chi connectivity index (χ4v) is 5.53. The molecule has 0 saturated carbocycles. The molecule has 3 N–H and O–H groups in total. The maximum atomic E-state index is 12.7. The number of carbonyl (C=O) groups excluding carboxylic acids is 2. The van der Waals surface area contributed by atoms with E-state index in [0.717, 1.165) is 12.8 Å². The Morgan fingerprint density at radius 1 is 1.23 bits per heavy atom. The SMILES string of the molecule is C[C@@]1(CS(=O)(=O)N2CCN(C3CCC(C#N)CN3)CC2)NC(=O)NC1=O. The number of hydrogen-bond acceptors (Lipinski definition) is 7. The highest BCUT2D eigenvalue weighted by atomic mass is 32.2. The first-order valence-electron chi connectivity index (χ1n) is 8.72. The summed E-state index contributed by atoms with van der Waals surface area (Å²) in [5, 5.41) is 16.8. The summed E-state index contributed by atoms with van der Waals surface area (Å²) in [6.45, 7) is 3.93. The highest BCUT2D eigenvalue weighted by Crippen LogP contribution is 2.20. The van der Waals surface area contributed by atoms with Crippen LogP contribution in [0.2, 0.25) is 0 Å². The number of hydrogen-bond donors (Lipinski definition) is 3. The van der Waals surface area contributed by atoms with E-state index in [1.807, 2.05) is 0 Å². The van der Waals surface area contributed by atoms with Crippen molar-refractivity contribution in [2.75, 3.05) is 38.5 Å². The van der Waals surface area contributed by atoms with Crippen LogP contribution in [0, 0.1) is 17.2 Å². The van der Waals surface area contributed by atoms with Crippen LogP contribution >= 0.6 is 0 Å². The Bertz CT molecular complexity index is 719. The molecule has 3 rings (SSSR count). The molecule has 144 valence electrons. The van der Waals surface area contributed by atoms with Crippen molar-refractivity contribution in [2.24, 2.45) is 5.92 Å². The van der Waals surface area contributed by atoms with Gasteiger partial charge >= 0.3 is 6.03 Å². The molecule has 10 nitrogen and oxygen atoms in total. The number of carbonyl (C=O) groups is 2. The second-order valence-electron chi connectivity index (χ2n) is 7.26. The van der Waals surface area contributed by atoms with E-state index in [1.54, 1.807) is 0 Å². The van der Waals surface area contributed by atoms with Crippen molar-refractivity contribution >= 4 is 22.0 Å². The zero-order chi connectivity index (χ0) is 18.9. The molecule has 0 bridgehead atoms. The predicted octanol–water partition coefficient (Wildman–Crippen LogP) is -1.62. The zero-order valence-electron chi connectivity index (χ0n) is 14.7. The number of urea groups is 1. The number of sulfonamides is 1. The van der Waals surface area contributed by atoms with Gasteiger partial charge in [0, 0.05) is 32.7 Å². The van der Waals surface area contributed by atoms with Gasteiger partial charge in [-0.25, -0.2) is 13.2 Å². The van der Waals surface area contributed by atoms with Crippen molar-refractivity contribution in [3.05, 3.63) is 0 Å². The Balaban J connectivity index is 1.55. The highest BCUT2D eigenvalue weighted by Gasteiger charge is 2.47. The third kappa shape index (κ3) is 3.83. The lowest BCUT2D eigenvalue weighted by Gasteiger charge is -2.41. The van der Waals surface area contributed by atoms with Crippen LogP contribution < -0.4 is 16.0 Å². The van der Waals surface area contributed by atoms with Crippen molar-refractivity contribution in [2.45, 2.75) is 31.5 Å². The largest absolute Gasteiger partial charge is 0.322 e. The monoisotopic (exact) mass is 384 g/mol. The Morgan fingerprint density at radius 2 is 1.92 bits per heavy atom. The smallest absolute Gasteiger partial charge is 0.322 e. The van der Waals surface area contributed by atoms with E-state index < -0.39 is 33.3 Å². The van der Waals surface area contributed by atoms with E-state index >= 15 is 0 Å². The Kier molecular flexibility index (Phi) is 5.21. The molecule has 3 fully saturated rings. The zero-order valence-corrected chi connectivity index (χ0v) is 15.5. The lowest BCUT2D eigenvalue weighted by atomic mass is 9.98. The standard InChI is InChI=1S/C15H24N6O4S/c1-15(13(22)18-14(23)19-15)10-26(24,25)21-6-4-20(5-7-21)12-3-2-11(8-16)9-17-12/h11-12,17H,2-7,9-10H2,1H3,(H2,18,19,22,23)/t11?,12?,15-/m0/s1. The van der Waals surface area contributed by atoms with Crippen molar-refractivity contribution < 1.29 is 18.0 Å². The van der Waals surface area contributed by atoms with E-state index in [9.17, 15) is 18.0 Å². The summed E-state index contributed by atoms with van der Waals surface area (Å²) in [7, 11) is -3.68. The van der Waals surface area contributed by atoms with Crippen LogP contribution in [0.1, 0.15) is 19.8 Å². The number of piperidine rings is 1. The van der Waals surface area contributed by atoms with Crippen LogP contribution in [0.4, 0.5) is 4.79 Å². The van der Waals surface area contributed by atoms with Crippen LogP contribution in [-0.4, -0.2) is 79.7 Å². The van der Waals surface area contributed by atoms with Crippen LogP contribution in [0.5, 0.6) is 0 Å². The molecule has 3 saturated heterocycles. The van der Waals surface area contributed by atoms with E-state index in [0.29, 0.717) is 32.7 Å². The molecule has 3 amide bonds. The molecule has 0 spiro atoms. The molecule has 3 aliphatic heterocycles. The third-order valence-corrected chi connectivity index (χ3v) is 7.36. The van der Waals surface area contributed by atoms with E-state index in [1.165, 1.54) is 11.2 Å². The molecular weight excluding hydrogens is 360 g/mol. The minimum absolute atomic E-state index is 0.0430. The molecule has 0 radical (unpaired) electrons. The van der Waals surface area contributed by atoms with E-state index in [2.05, 4.69) is 26.9 Å². The van der Waals surface area contributed by atoms with Gasteiger partial charge in [0.15, 0.2) is 0 Å². The summed E-state index contributed by atoms with van der Waals surface area (Å²) in [6, 6.07) is 1.60. The lowest BCUT2D eigenvalue weighted by Crippen LogP contribution is -2.59. The Morgan fingerprint density at radius 3 is 2.42 bits per heavy atom. The minimum Gasteiger partial charge on any atom is -0.322 e. The van der Waals surface area contributed by atoms with Gasteiger partial charge in [0.1, 0.15) is 5.54 Å². The lowest BCUT2D eigenvalue weighted by molar-refractivity contribution is -0.122. The number of rotatable bonds is 4. The van der Waals surface area contributed by atoms with Gasteiger partial charge in [0.25, 0.3) is 5.91 Å². The number of amides is 3. The molecule has 0 aromatic heterocycles. The first-order valence-corrected chi connectivity index (χ1v) is 10.3. The van der Waals surface area contributed by atoms with Gasteiger partial charge in [-0.05, 0) is 19.8 Å². The summed E-state index contributed by atoms with van der Waals surface area (Å²) in [6.07, 6.45) is 1.89. The average molecular weight is 384 g/mol. The molecule has 26 heavy (non-hydrogen) atoms. The number of imide groups is 1. The first-order chi connectivity index (χ1) is 12.2. The van der Waals surface area contributed by atoms with Crippen LogP contribution in [0.3, 0.4) is 0 Å². The predicted molar refractivity (Wildman–Crippen MR) is 92.1 cm³/mol. The van der Waals surface area contributed by atoms with Crippen molar-refractivity contribution in [3.63, 3.8) is 0 Å². The first kappa shape index (κ1) is 19.0. The molecule has 3 atom stereocenters. The summed E-state index contributed by atoms with van der Waals surface area (Å²) < 4.78 is 26.8. The van der Waals surface area contributed by atoms with Gasteiger partial charge < -0.3 is 10.6 Å². The van der Waals surface area contributed by atoms with Crippen molar-refractivity contribution in [1.29, 1.82) is 5.26 Å². The molecule has 3 aliphatic rings. The molecule has 0 aromatic carbocycles. The van der Waals surface area contributed by atoms with E-state index in [-0.39, 0.29) is 12.1 Å². The molecule has 2 unspecified atom stereocenters. The van der Waals surface area contributed by atoms with Crippen LogP contribution in [0.15, 0.2) is 0 Å². The topological polar surface area (TPSA) is 135 Å². The molecule has 11 heteroatoms. The quantitative estimate of drug-likeness (QED) is 0.496. The van der Waals surface area contributed by atoms with Crippen molar-refractivity contribution in [1.82, 2.24) is 25.2 Å². The third-order valence-electron chi connectivity index (χ3n) is 5.27. The number of piperazine rings is 1. The fourth-order valence-electron chi connectivity index (χ4n) is 3.69. The number of nitriles is 1. The summed E-state index contributed by atoms with van der Waals surface area (Å²) in [5.74, 6) is -1.03. The summed E-state index contributed by atoms with van der Waals surface area (Å²) in [4.78, 5) is 25.4. The number of nitrogens with one attached hydrogen (secondary N) is 3. The average Bonchev–Trinajstić information content (AvgIpc) is 2.86. The van der Waals surface area contributed by atoms with Gasteiger partial charge in [-0.1, -0.05) is 0 Å².